The molecule has 0 unspecified atom stereocenters. The fourth-order valence-electron chi connectivity index (χ4n) is 2.48. The van der Waals surface area contributed by atoms with Gasteiger partial charge in [0.1, 0.15) is 17.4 Å². The van der Waals surface area contributed by atoms with Gasteiger partial charge in [0.05, 0.1) is 17.9 Å². The Morgan fingerprint density at radius 2 is 1.96 bits per heavy atom. The fraction of sp³-hybridized carbons (Fsp3) is 0.176. The van der Waals surface area contributed by atoms with Gasteiger partial charge in [-0.05, 0) is 24.3 Å². The zero-order valence-electron chi connectivity index (χ0n) is 12.8. The van der Waals surface area contributed by atoms with Crippen molar-refractivity contribution in [3.05, 3.63) is 54.1 Å². The molecule has 24 heavy (non-hydrogen) atoms. The molecule has 0 radical (unpaired) electrons. The summed E-state index contributed by atoms with van der Waals surface area (Å²) in [6.45, 7) is 1.36. The lowest BCUT2D eigenvalue weighted by Gasteiger charge is -2.33. The molecule has 2 amide bonds. The Morgan fingerprint density at radius 3 is 2.71 bits per heavy atom. The van der Waals surface area contributed by atoms with Crippen molar-refractivity contribution in [3.63, 3.8) is 0 Å². The summed E-state index contributed by atoms with van der Waals surface area (Å²) in [7, 11) is 0. The number of para-hydroxylation sites is 2. The number of anilines is 2. The average Bonchev–Trinajstić information content (AvgIpc) is 2.57. The van der Waals surface area contributed by atoms with Crippen molar-refractivity contribution in [2.45, 2.75) is 13.0 Å². The number of carbonyl (C=O) groups excluding carboxylic acids is 2. The van der Waals surface area contributed by atoms with Crippen LogP contribution in [0.3, 0.4) is 0 Å². The molecule has 2 aromatic carbocycles. The normalized spacial score (nSPS) is 16.1. The van der Waals surface area contributed by atoms with Crippen LogP contribution in [0.25, 0.3) is 0 Å². The summed E-state index contributed by atoms with van der Waals surface area (Å²) in [6, 6.07) is 9.56. The second-order valence-corrected chi connectivity index (χ2v) is 5.32. The molecule has 7 heteroatoms. The number of rotatable bonds is 2. The summed E-state index contributed by atoms with van der Waals surface area (Å²) in [5.74, 6) is -1.98. The molecule has 5 nitrogen and oxygen atoms in total. The molecular weight excluding hydrogens is 318 g/mol. The number of hydrogen-bond donors (Lipinski definition) is 1. The molecule has 0 spiro atoms. The van der Waals surface area contributed by atoms with Gasteiger partial charge in [0.15, 0.2) is 6.10 Å². The minimum Gasteiger partial charge on any atom is -0.476 e. The van der Waals surface area contributed by atoms with E-state index in [2.05, 4.69) is 5.32 Å². The molecule has 1 heterocycles. The summed E-state index contributed by atoms with van der Waals surface area (Å²) in [5.41, 5.74) is 0.280. The van der Waals surface area contributed by atoms with Gasteiger partial charge in [0.25, 0.3) is 5.91 Å². The van der Waals surface area contributed by atoms with Gasteiger partial charge in [-0.15, -0.1) is 0 Å². The van der Waals surface area contributed by atoms with Gasteiger partial charge >= 0.3 is 0 Å². The monoisotopic (exact) mass is 332 g/mol. The van der Waals surface area contributed by atoms with Crippen molar-refractivity contribution in [2.24, 2.45) is 0 Å². The first-order chi connectivity index (χ1) is 11.5. The molecule has 0 fully saturated rings. The smallest absolute Gasteiger partial charge is 0.267 e. The summed E-state index contributed by atoms with van der Waals surface area (Å²) in [6.07, 6.45) is -1.04. The van der Waals surface area contributed by atoms with Crippen molar-refractivity contribution in [2.75, 3.05) is 16.8 Å². The van der Waals surface area contributed by atoms with Crippen LogP contribution < -0.4 is 15.0 Å². The molecule has 0 saturated carbocycles. The number of amides is 2. The van der Waals surface area contributed by atoms with E-state index in [0.29, 0.717) is 11.4 Å². The molecular formula is C17H14F2N2O3. The van der Waals surface area contributed by atoms with Crippen LogP contribution in [0.15, 0.2) is 42.5 Å². The topological polar surface area (TPSA) is 58.6 Å². The second kappa shape index (κ2) is 6.27. The Labute approximate surface area is 136 Å². The van der Waals surface area contributed by atoms with Gasteiger partial charge in [0, 0.05) is 13.0 Å². The van der Waals surface area contributed by atoms with Crippen molar-refractivity contribution in [1.29, 1.82) is 0 Å². The number of ether oxygens (including phenoxy) is 1. The number of hydrogen-bond acceptors (Lipinski definition) is 3. The van der Waals surface area contributed by atoms with Crippen LogP contribution in [0, 0.1) is 11.6 Å². The van der Waals surface area contributed by atoms with Crippen LogP contribution in [0.5, 0.6) is 5.75 Å². The minimum absolute atomic E-state index is 0.0187. The van der Waals surface area contributed by atoms with E-state index < -0.39 is 23.6 Å². The van der Waals surface area contributed by atoms with Crippen molar-refractivity contribution < 1.29 is 23.1 Å². The van der Waals surface area contributed by atoms with E-state index in [1.807, 2.05) is 0 Å². The van der Waals surface area contributed by atoms with E-state index >= 15 is 0 Å². The maximum atomic E-state index is 13.7. The molecule has 0 aromatic heterocycles. The largest absolute Gasteiger partial charge is 0.476 e. The molecule has 1 aliphatic rings. The molecule has 1 N–H and O–H groups in total. The van der Waals surface area contributed by atoms with Crippen molar-refractivity contribution >= 4 is 23.2 Å². The molecule has 0 bridgehead atoms. The number of halogens is 2. The molecule has 3 rings (SSSR count). The van der Waals surface area contributed by atoms with E-state index in [9.17, 15) is 18.4 Å². The first-order valence-electron chi connectivity index (χ1n) is 7.25. The van der Waals surface area contributed by atoms with Crippen LogP contribution in [-0.2, 0) is 9.59 Å². The van der Waals surface area contributed by atoms with Gasteiger partial charge in [-0.25, -0.2) is 8.78 Å². The van der Waals surface area contributed by atoms with Crippen molar-refractivity contribution in [3.8, 4) is 5.75 Å². The Bertz CT molecular complexity index is 810. The summed E-state index contributed by atoms with van der Waals surface area (Å²) >= 11 is 0. The highest BCUT2D eigenvalue weighted by Crippen LogP contribution is 2.33. The first kappa shape index (κ1) is 15.9. The quantitative estimate of drug-likeness (QED) is 0.920. The van der Waals surface area contributed by atoms with Gasteiger partial charge in [-0.1, -0.05) is 12.1 Å². The van der Waals surface area contributed by atoms with Crippen molar-refractivity contribution in [1.82, 2.24) is 0 Å². The zero-order chi connectivity index (χ0) is 17.3. The van der Waals surface area contributed by atoms with Gasteiger partial charge < -0.3 is 15.0 Å². The number of nitrogens with one attached hydrogen (secondary N) is 1. The lowest BCUT2D eigenvalue weighted by molar-refractivity contribution is -0.123. The SMILES string of the molecule is CC(=O)N1C[C@H](C(=O)Nc2cc(F)ccc2F)Oc2ccccc21. The average molecular weight is 332 g/mol. The lowest BCUT2D eigenvalue weighted by Crippen LogP contribution is -2.48. The van der Waals surface area contributed by atoms with Gasteiger partial charge in [-0.3, -0.25) is 9.59 Å². The van der Waals surface area contributed by atoms with E-state index in [4.69, 9.17) is 4.74 Å². The van der Waals surface area contributed by atoms with Gasteiger partial charge in [-0.2, -0.15) is 0 Å². The number of carbonyl (C=O) groups is 2. The van der Waals surface area contributed by atoms with E-state index in [0.717, 1.165) is 18.2 Å². The third kappa shape index (κ3) is 3.05. The maximum absolute atomic E-state index is 13.7. The highest BCUT2D eigenvalue weighted by Gasteiger charge is 2.32. The van der Waals surface area contributed by atoms with Crippen LogP contribution in [0.2, 0.25) is 0 Å². The Hall–Kier alpha value is -2.96. The maximum Gasteiger partial charge on any atom is 0.267 e. The van der Waals surface area contributed by atoms with E-state index in [-0.39, 0.29) is 18.1 Å². The fourth-order valence-corrected chi connectivity index (χ4v) is 2.48. The molecule has 1 atom stereocenters. The standard InChI is InChI=1S/C17H14F2N2O3/c1-10(22)21-9-16(24-15-5-3-2-4-14(15)21)17(23)20-13-8-11(18)6-7-12(13)19/h2-8,16H,9H2,1H3,(H,20,23)/t16-/m1/s1. The highest BCUT2D eigenvalue weighted by atomic mass is 19.1. The van der Waals surface area contributed by atoms with Gasteiger partial charge in [0.2, 0.25) is 5.91 Å². The highest BCUT2D eigenvalue weighted by molar-refractivity contribution is 5.99. The summed E-state index contributed by atoms with van der Waals surface area (Å²) in [4.78, 5) is 25.6. The summed E-state index contributed by atoms with van der Waals surface area (Å²) < 4.78 is 32.5. The predicted octanol–water partition coefficient (Wildman–Crippen LogP) is 2.72. The Kier molecular flexibility index (Phi) is 4.16. The van der Waals surface area contributed by atoms with E-state index in [1.165, 1.54) is 11.8 Å². The molecule has 0 saturated heterocycles. The Balaban J connectivity index is 1.84. The molecule has 1 aliphatic heterocycles. The second-order valence-electron chi connectivity index (χ2n) is 5.32. The lowest BCUT2D eigenvalue weighted by atomic mass is 10.1. The number of nitrogens with zero attached hydrogens (tertiary/aromatic N) is 1. The molecule has 0 aliphatic carbocycles. The number of benzene rings is 2. The minimum atomic E-state index is -1.04. The van der Waals surface area contributed by atoms with Crippen LogP contribution >= 0.6 is 0 Å². The van der Waals surface area contributed by atoms with E-state index in [1.54, 1.807) is 24.3 Å². The first-order valence-corrected chi connectivity index (χ1v) is 7.25. The molecule has 124 valence electrons. The van der Waals surface area contributed by atoms with Crippen LogP contribution in [0.1, 0.15) is 6.92 Å². The van der Waals surface area contributed by atoms with Crippen LogP contribution in [0.4, 0.5) is 20.2 Å². The Morgan fingerprint density at radius 1 is 1.21 bits per heavy atom. The van der Waals surface area contributed by atoms with Crippen LogP contribution in [-0.4, -0.2) is 24.5 Å². The zero-order valence-corrected chi connectivity index (χ0v) is 12.8. The summed E-state index contributed by atoms with van der Waals surface area (Å²) in [5, 5.41) is 2.29. The predicted molar refractivity (Wildman–Crippen MR) is 83.9 cm³/mol. The third-order valence-electron chi connectivity index (χ3n) is 3.63. The molecule has 2 aromatic rings. The third-order valence-corrected chi connectivity index (χ3v) is 3.63. The number of fused-ring (bicyclic) bond motifs is 1.